The number of ether oxygens (including phenoxy) is 1. The molecule has 0 aliphatic rings. The number of nitro benzene ring substituents is 1. The molecular formula is C21H21N3O5S. The third-order valence-electron chi connectivity index (χ3n) is 4.39. The average Bonchev–Trinajstić information content (AvgIpc) is 2.74. The van der Waals surface area contributed by atoms with Crippen molar-refractivity contribution in [2.75, 3.05) is 6.61 Å². The second-order valence-corrected chi connectivity index (χ2v) is 7.65. The fourth-order valence-corrected chi connectivity index (χ4v) is 4.23. The molecule has 1 heterocycles. The number of hydrogen-bond donors (Lipinski definition) is 0. The smallest absolute Gasteiger partial charge is 0.319 e. The normalized spacial score (nSPS) is 11.9. The largest absolute Gasteiger partial charge is 0.465 e. The number of benzene rings is 2. The van der Waals surface area contributed by atoms with Gasteiger partial charge in [0.1, 0.15) is 5.25 Å². The fourth-order valence-electron chi connectivity index (χ4n) is 3.01. The Balaban J connectivity index is 2.20. The molecule has 0 aliphatic heterocycles. The Labute approximate surface area is 177 Å². The summed E-state index contributed by atoms with van der Waals surface area (Å²) >= 11 is 1.13. The third-order valence-corrected chi connectivity index (χ3v) is 5.59. The van der Waals surface area contributed by atoms with E-state index in [1.165, 1.54) is 22.8 Å². The molecule has 2 aromatic carbocycles. The molecular weight excluding hydrogens is 406 g/mol. The lowest BCUT2D eigenvalue weighted by atomic mass is 10.2. The number of thioether (sulfide) groups is 1. The van der Waals surface area contributed by atoms with Gasteiger partial charge in [0.15, 0.2) is 5.16 Å². The van der Waals surface area contributed by atoms with Crippen molar-refractivity contribution in [1.29, 1.82) is 0 Å². The van der Waals surface area contributed by atoms with E-state index in [-0.39, 0.29) is 29.0 Å². The number of aromatic nitrogens is 2. The van der Waals surface area contributed by atoms with Crippen LogP contribution >= 0.6 is 11.8 Å². The first kappa shape index (κ1) is 21.5. The highest BCUT2D eigenvalue weighted by molar-refractivity contribution is 8.00. The van der Waals surface area contributed by atoms with Crippen LogP contribution in [0.3, 0.4) is 0 Å². The van der Waals surface area contributed by atoms with Gasteiger partial charge in [-0.15, -0.1) is 0 Å². The Morgan fingerprint density at radius 2 is 2.00 bits per heavy atom. The molecule has 0 radical (unpaired) electrons. The molecule has 0 aliphatic carbocycles. The van der Waals surface area contributed by atoms with Gasteiger partial charge in [0.05, 0.1) is 28.1 Å². The highest BCUT2D eigenvalue weighted by Gasteiger charge is 2.24. The van der Waals surface area contributed by atoms with E-state index < -0.39 is 10.2 Å². The Morgan fingerprint density at radius 1 is 1.23 bits per heavy atom. The van der Waals surface area contributed by atoms with Gasteiger partial charge in [0, 0.05) is 12.1 Å². The zero-order chi connectivity index (χ0) is 21.7. The van der Waals surface area contributed by atoms with Crippen molar-refractivity contribution in [3.63, 3.8) is 0 Å². The highest BCUT2D eigenvalue weighted by Crippen LogP contribution is 2.29. The second kappa shape index (κ2) is 9.53. The van der Waals surface area contributed by atoms with Crippen molar-refractivity contribution >= 4 is 34.3 Å². The standard InChI is InChI=1S/C21H21N3O5S/c1-3-8-18(20(26)29-4-2)30-21-22-17-12-6-5-11-16(17)19(25)23(21)14-9-7-10-15(13-14)24(27)28/h5-7,9-13,18H,3-4,8H2,1-2H3/t18-/m0/s1. The monoisotopic (exact) mass is 427 g/mol. The van der Waals surface area contributed by atoms with E-state index >= 15 is 0 Å². The van der Waals surface area contributed by atoms with Crippen molar-refractivity contribution < 1.29 is 14.5 Å². The van der Waals surface area contributed by atoms with Crippen LogP contribution < -0.4 is 5.56 Å². The molecule has 0 N–H and O–H groups in total. The molecule has 3 aromatic rings. The average molecular weight is 427 g/mol. The maximum atomic E-state index is 13.3. The molecule has 0 saturated carbocycles. The molecule has 0 bridgehead atoms. The molecule has 1 aromatic heterocycles. The summed E-state index contributed by atoms with van der Waals surface area (Å²) in [5.74, 6) is -0.377. The molecule has 0 fully saturated rings. The molecule has 0 spiro atoms. The van der Waals surface area contributed by atoms with Crippen molar-refractivity contribution in [2.24, 2.45) is 0 Å². The van der Waals surface area contributed by atoms with Gasteiger partial charge < -0.3 is 4.74 Å². The van der Waals surface area contributed by atoms with E-state index in [4.69, 9.17) is 4.74 Å². The first-order valence-electron chi connectivity index (χ1n) is 9.56. The van der Waals surface area contributed by atoms with Crippen molar-refractivity contribution in [1.82, 2.24) is 9.55 Å². The van der Waals surface area contributed by atoms with Crippen LogP contribution in [0.5, 0.6) is 0 Å². The van der Waals surface area contributed by atoms with Crippen LogP contribution in [0.4, 0.5) is 5.69 Å². The Kier molecular flexibility index (Phi) is 6.83. The van der Waals surface area contributed by atoms with E-state index in [9.17, 15) is 19.7 Å². The summed E-state index contributed by atoms with van der Waals surface area (Å²) in [4.78, 5) is 41.0. The van der Waals surface area contributed by atoms with E-state index in [1.54, 1.807) is 37.3 Å². The number of carbonyl (C=O) groups is 1. The quantitative estimate of drug-likeness (QED) is 0.175. The topological polar surface area (TPSA) is 104 Å². The lowest BCUT2D eigenvalue weighted by molar-refractivity contribution is -0.384. The van der Waals surface area contributed by atoms with Crippen molar-refractivity contribution in [3.8, 4) is 5.69 Å². The van der Waals surface area contributed by atoms with Crippen LogP contribution in [0, 0.1) is 10.1 Å². The first-order valence-corrected chi connectivity index (χ1v) is 10.4. The number of nitrogens with zero attached hydrogens (tertiary/aromatic N) is 3. The zero-order valence-corrected chi connectivity index (χ0v) is 17.4. The molecule has 8 nitrogen and oxygen atoms in total. The summed E-state index contributed by atoms with van der Waals surface area (Å²) in [5, 5.41) is 11.3. The molecule has 30 heavy (non-hydrogen) atoms. The summed E-state index contributed by atoms with van der Waals surface area (Å²) in [6.07, 6.45) is 1.28. The lowest BCUT2D eigenvalue weighted by Gasteiger charge is -2.18. The summed E-state index contributed by atoms with van der Waals surface area (Å²) < 4.78 is 6.50. The van der Waals surface area contributed by atoms with Crippen molar-refractivity contribution in [2.45, 2.75) is 37.1 Å². The second-order valence-electron chi connectivity index (χ2n) is 6.48. The number of hydrogen-bond acceptors (Lipinski definition) is 7. The van der Waals surface area contributed by atoms with Crippen LogP contribution in [-0.4, -0.2) is 32.3 Å². The maximum absolute atomic E-state index is 13.3. The number of para-hydroxylation sites is 1. The van der Waals surface area contributed by atoms with Crippen LogP contribution in [0.2, 0.25) is 0 Å². The summed E-state index contributed by atoms with van der Waals surface area (Å²) in [6, 6.07) is 12.7. The van der Waals surface area contributed by atoms with Crippen LogP contribution in [-0.2, 0) is 9.53 Å². The SMILES string of the molecule is CCC[C@H](Sc1nc2ccccc2c(=O)n1-c1cccc([N+](=O)[O-])c1)C(=O)OCC. The van der Waals surface area contributed by atoms with E-state index in [0.717, 1.165) is 18.2 Å². The first-order chi connectivity index (χ1) is 14.5. The number of esters is 1. The molecule has 1 atom stereocenters. The van der Waals surface area contributed by atoms with Gasteiger partial charge >= 0.3 is 5.97 Å². The Hall–Kier alpha value is -3.20. The van der Waals surface area contributed by atoms with E-state index in [2.05, 4.69) is 4.98 Å². The van der Waals surface area contributed by atoms with Gasteiger partial charge in [-0.1, -0.05) is 43.3 Å². The lowest BCUT2D eigenvalue weighted by Crippen LogP contribution is -2.25. The predicted molar refractivity (Wildman–Crippen MR) is 115 cm³/mol. The molecule has 0 amide bonds. The molecule has 156 valence electrons. The van der Waals surface area contributed by atoms with Gasteiger partial charge in [0.2, 0.25) is 0 Å². The van der Waals surface area contributed by atoms with Crippen LogP contribution in [0.1, 0.15) is 26.7 Å². The van der Waals surface area contributed by atoms with Gasteiger partial charge in [-0.3, -0.25) is 24.3 Å². The van der Waals surface area contributed by atoms with E-state index in [1.807, 2.05) is 6.92 Å². The predicted octanol–water partition coefficient (Wildman–Crippen LogP) is 4.12. The number of carbonyl (C=O) groups excluding carboxylic acids is 1. The van der Waals surface area contributed by atoms with Crippen molar-refractivity contribution in [3.05, 3.63) is 69.0 Å². The Morgan fingerprint density at radius 3 is 2.70 bits per heavy atom. The van der Waals surface area contributed by atoms with Crippen LogP contribution in [0.15, 0.2) is 58.5 Å². The third kappa shape index (κ3) is 4.51. The van der Waals surface area contributed by atoms with Gasteiger partial charge in [-0.2, -0.15) is 0 Å². The summed E-state index contributed by atoms with van der Waals surface area (Å²) in [6.45, 7) is 3.94. The maximum Gasteiger partial charge on any atom is 0.319 e. The highest BCUT2D eigenvalue weighted by atomic mass is 32.2. The number of nitro groups is 1. The summed E-state index contributed by atoms with van der Waals surface area (Å²) in [5.41, 5.74) is 0.307. The molecule has 3 rings (SSSR count). The summed E-state index contributed by atoms with van der Waals surface area (Å²) in [7, 11) is 0. The van der Waals surface area contributed by atoms with Crippen LogP contribution in [0.25, 0.3) is 16.6 Å². The minimum absolute atomic E-state index is 0.140. The van der Waals surface area contributed by atoms with Gasteiger partial charge in [-0.25, -0.2) is 4.98 Å². The number of fused-ring (bicyclic) bond motifs is 1. The molecule has 0 saturated heterocycles. The molecule has 0 unspecified atom stereocenters. The molecule has 9 heteroatoms. The van der Waals surface area contributed by atoms with Gasteiger partial charge in [-0.05, 0) is 31.5 Å². The fraction of sp³-hybridized carbons (Fsp3) is 0.286. The van der Waals surface area contributed by atoms with E-state index in [0.29, 0.717) is 23.0 Å². The minimum Gasteiger partial charge on any atom is -0.465 e. The number of non-ortho nitro benzene ring substituents is 1. The Bertz CT molecular complexity index is 1140. The number of rotatable bonds is 8. The minimum atomic E-state index is -0.548. The zero-order valence-electron chi connectivity index (χ0n) is 16.6. The van der Waals surface area contributed by atoms with Gasteiger partial charge in [0.25, 0.3) is 11.2 Å².